The molecule has 7 heteroatoms. The molecule has 0 radical (unpaired) electrons. The van der Waals surface area contributed by atoms with E-state index < -0.39 is 22.2 Å². The third-order valence-electron chi connectivity index (χ3n) is 14.6. The van der Waals surface area contributed by atoms with Crippen LogP contribution in [0.3, 0.4) is 0 Å². The van der Waals surface area contributed by atoms with Gasteiger partial charge >= 0.3 is 5.97 Å². The van der Waals surface area contributed by atoms with Crippen LogP contribution in [0.25, 0.3) is 0 Å². The Morgan fingerprint density at radius 1 is 0.772 bits per heavy atom. The van der Waals surface area contributed by atoms with Gasteiger partial charge in [0.05, 0.1) is 13.2 Å². The Morgan fingerprint density at radius 2 is 1.30 bits per heavy atom. The maximum absolute atomic E-state index is 13.6. The maximum Gasteiger partial charge on any atom is 0.333 e. The van der Waals surface area contributed by atoms with Crippen LogP contribution in [-0.2, 0) is 28.7 Å². The van der Waals surface area contributed by atoms with Crippen LogP contribution in [0.1, 0.15) is 96.8 Å². The predicted molar refractivity (Wildman–Crippen MR) is 239 cm³/mol. The number of benzene rings is 3. The maximum atomic E-state index is 13.6. The minimum Gasteiger partial charge on any atom is -0.466 e. The molecule has 0 heterocycles. The van der Waals surface area contributed by atoms with Gasteiger partial charge in [0.1, 0.15) is 5.60 Å². The molecule has 0 saturated heterocycles. The summed E-state index contributed by atoms with van der Waals surface area (Å²) in [6, 6.07) is 32.0. The van der Waals surface area contributed by atoms with Crippen molar-refractivity contribution in [2.24, 2.45) is 23.2 Å². The summed E-state index contributed by atoms with van der Waals surface area (Å²) in [5, 5.41) is 0.144. The van der Waals surface area contributed by atoms with E-state index in [1.807, 2.05) is 0 Å². The van der Waals surface area contributed by atoms with Crippen molar-refractivity contribution in [2.45, 2.75) is 128 Å². The SMILES string of the molecule is COC(=O)C1=C[C@@]2(C(CCCOC(c3ccccc3)(c3ccccc3)c3ccccc3)O[Si](C)(C)C(C)(C)C)C[C@@H](CO[Si](C)(C)C(C)(C)C)[C@H]3CC=C(CC1)[C@H]32. The van der Waals surface area contributed by atoms with E-state index in [-0.39, 0.29) is 27.6 Å². The molecule has 1 saturated carbocycles. The first-order chi connectivity index (χ1) is 26.9. The first kappa shape index (κ1) is 43.5. The largest absolute Gasteiger partial charge is 0.466 e. The van der Waals surface area contributed by atoms with E-state index in [9.17, 15) is 4.79 Å². The highest BCUT2D eigenvalue weighted by atomic mass is 28.4. The van der Waals surface area contributed by atoms with Crippen LogP contribution < -0.4 is 0 Å². The fourth-order valence-corrected chi connectivity index (χ4v) is 12.0. The standard InChI is InChI=1S/C50H70O5Si2/c1-47(2,3)56(8,9)54-36-39-35-49(34-38(46(51)52-7)30-29-37-31-32-43(39)45(37)49)44(55-57(10,11)48(4,5)6)28-21-33-53-50(40-22-15-12-16-23-40,41-24-17-13-18-25-41)42-26-19-14-20-27-42/h12-20,22-27,31,34,39,43-45H,21,28-30,32-33,35-36H2,1-11H3/t39-,43+,44?,45+,49-/m0/s1. The topological polar surface area (TPSA) is 54.0 Å². The lowest BCUT2D eigenvalue weighted by Gasteiger charge is -2.47. The van der Waals surface area contributed by atoms with Gasteiger partial charge in [-0.25, -0.2) is 4.79 Å². The number of ether oxygens (including phenoxy) is 2. The molecule has 0 aliphatic heterocycles. The average Bonchev–Trinajstić information content (AvgIpc) is 3.69. The summed E-state index contributed by atoms with van der Waals surface area (Å²) in [4.78, 5) is 13.6. The fourth-order valence-electron chi connectivity index (χ4n) is 9.51. The normalized spacial score (nSPS) is 23.3. The molecule has 1 fully saturated rings. The molecule has 0 aromatic heterocycles. The summed E-state index contributed by atoms with van der Waals surface area (Å²) in [7, 11) is -2.76. The van der Waals surface area contributed by atoms with Crippen LogP contribution >= 0.6 is 0 Å². The van der Waals surface area contributed by atoms with E-state index in [4.69, 9.17) is 18.3 Å². The second-order valence-corrected chi connectivity index (χ2v) is 29.7. The third-order valence-corrected chi connectivity index (χ3v) is 23.6. The number of carbonyl (C=O) groups excluding carboxylic acids is 1. The minimum atomic E-state index is -2.29. The summed E-state index contributed by atoms with van der Waals surface area (Å²) >= 11 is 0. The number of carbonyl (C=O) groups is 1. The first-order valence-corrected chi connectivity index (χ1v) is 27.3. The average molecular weight is 807 g/mol. The van der Waals surface area contributed by atoms with Gasteiger partial charge in [0.2, 0.25) is 0 Å². The molecule has 0 bridgehead atoms. The molecule has 6 rings (SSSR count). The summed E-state index contributed by atoms with van der Waals surface area (Å²) in [5.74, 6) is 0.928. The Kier molecular flexibility index (Phi) is 12.9. The van der Waals surface area contributed by atoms with Crippen molar-refractivity contribution in [3.8, 4) is 0 Å². The fraction of sp³-hybridized carbons (Fsp3) is 0.540. The Labute approximate surface area is 346 Å². The zero-order valence-electron chi connectivity index (χ0n) is 36.8. The van der Waals surface area contributed by atoms with E-state index in [1.54, 1.807) is 0 Å². The van der Waals surface area contributed by atoms with Gasteiger partial charge in [0.25, 0.3) is 0 Å². The van der Waals surface area contributed by atoms with Crippen LogP contribution in [0, 0.1) is 23.2 Å². The molecule has 57 heavy (non-hydrogen) atoms. The molecule has 3 aliphatic rings. The molecule has 5 atom stereocenters. The van der Waals surface area contributed by atoms with Crippen molar-refractivity contribution in [3.05, 3.63) is 131 Å². The lowest BCUT2D eigenvalue weighted by atomic mass is 9.68. The number of hydrogen-bond acceptors (Lipinski definition) is 5. The van der Waals surface area contributed by atoms with Crippen molar-refractivity contribution in [2.75, 3.05) is 20.3 Å². The Bertz CT molecular complexity index is 1780. The van der Waals surface area contributed by atoms with Gasteiger partial charge in [-0.2, -0.15) is 0 Å². The van der Waals surface area contributed by atoms with E-state index in [0.29, 0.717) is 30.8 Å². The monoisotopic (exact) mass is 806 g/mol. The van der Waals surface area contributed by atoms with Crippen molar-refractivity contribution in [3.63, 3.8) is 0 Å². The van der Waals surface area contributed by atoms with Gasteiger partial charge in [-0.05, 0) is 109 Å². The molecular formula is C50H70O5Si2. The van der Waals surface area contributed by atoms with Crippen molar-refractivity contribution < 1.29 is 23.1 Å². The highest BCUT2D eigenvalue weighted by molar-refractivity contribution is 6.74. The molecule has 0 N–H and O–H groups in total. The van der Waals surface area contributed by atoms with E-state index in [1.165, 1.54) is 12.7 Å². The highest BCUT2D eigenvalue weighted by Crippen LogP contribution is 2.64. The summed E-state index contributed by atoms with van der Waals surface area (Å²) in [5.41, 5.74) is 4.47. The van der Waals surface area contributed by atoms with Gasteiger partial charge in [-0.3, -0.25) is 0 Å². The number of allylic oxidation sites excluding steroid dienone is 2. The minimum absolute atomic E-state index is 0.0122. The van der Waals surface area contributed by atoms with E-state index in [0.717, 1.165) is 61.0 Å². The smallest absolute Gasteiger partial charge is 0.333 e. The summed E-state index contributed by atoms with van der Waals surface area (Å²) < 4.78 is 27.6. The second-order valence-electron chi connectivity index (χ2n) is 20.1. The van der Waals surface area contributed by atoms with E-state index in [2.05, 4.69) is 171 Å². The summed E-state index contributed by atoms with van der Waals surface area (Å²) in [6.45, 7) is 24.8. The Balaban J connectivity index is 1.41. The van der Waals surface area contributed by atoms with Crippen LogP contribution in [0.4, 0.5) is 0 Å². The third kappa shape index (κ3) is 8.66. The Morgan fingerprint density at radius 3 is 1.79 bits per heavy atom. The number of methoxy groups -OCH3 is 1. The molecular weight excluding hydrogens is 737 g/mol. The molecule has 308 valence electrons. The second kappa shape index (κ2) is 16.9. The zero-order valence-corrected chi connectivity index (χ0v) is 38.8. The molecule has 0 amide bonds. The van der Waals surface area contributed by atoms with Gasteiger partial charge in [0, 0.05) is 24.2 Å². The summed E-state index contributed by atoms with van der Waals surface area (Å²) in [6.07, 6.45) is 10.0. The van der Waals surface area contributed by atoms with Crippen LogP contribution in [0.2, 0.25) is 36.3 Å². The zero-order chi connectivity index (χ0) is 41.3. The van der Waals surface area contributed by atoms with Crippen LogP contribution in [-0.4, -0.2) is 49.0 Å². The van der Waals surface area contributed by atoms with Crippen LogP contribution in [0.15, 0.2) is 114 Å². The molecule has 3 aliphatic carbocycles. The quantitative estimate of drug-likeness (QED) is 0.0503. The van der Waals surface area contributed by atoms with Crippen molar-refractivity contribution >= 4 is 22.6 Å². The molecule has 3 aromatic carbocycles. The predicted octanol–water partition coefficient (Wildman–Crippen LogP) is 12.6. The van der Waals surface area contributed by atoms with Gasteiger partial charge in [-0.15, -0.1) is 0 Å². The highest BCUT2D eigenvalue weighted by Gasteiger charge is 2.61. The molecule has 3 aromatic rings. The van der Waals surface area contributed by atoms with Crippen molar-refractivity contribution in [1.29, 1.82) is 0 Å². The van der Waals surface area contributed by atoms with Crippen LogP contribution in [0.5, 0.6) is 0 Å². The van der Waals surface area contributed by atoms with Gasteiger partial charge in [0.15, 0.2) is 16.6 Å². The molecule has 5 nitrogen and oxygen atoms in total. The molecule has 1 unspecified atom stereocenters. The number of hydrogen-bond donors (Lipinski definition) is 0. The number of esters is 1. The molecule has 0 spiro atoms. The van der Waals surface area contributed by atoms with Gasteiger partial charge < -0.3 is 18.3 Å². The lowest BCUT2D eigenvalue weighted by molar-refractivity contribution is -0.136. The lowest BCUT2D eigenvalue weighted by Crippen LogP contribution is -2.50. The van der Waals surface area contributed by atoms with Gasteiger partial charge in [-0.1, -0.05) is 150 Å². The first-order valence-electron chi connectivity index (χ1n) is 21.5. The van der Waals surface area contributed by atoms with Crippen molar-refractivity contribution in [1.82, 2.24) is 0 Å². The van der Waals surface area contributed by atoms with E-state index >= 15 is 0 Å². The number of rotatable bonds is 15. The Hall–Kier alpha value is -3.08.